The van der Waals surface area contributed by atoms with E-state index in [2.05, 4.69) is 11.9 Å². The molecule has 0 aliphatic heterocycles. The van der Waals surface area contributed by atoms with Gasteiger partial charge in [0.15, 0.2) is 23.1 Å². The van der Waals surface area contributed by atoms with Crippen molar-refractivity contribution in [3.8, 4) is 17.2 Å². The molecule has 1 aliphatic carbocycles. The minimum Gasteiger partial charge on any atom is -0.508 e. The van der Waals surface area contributed by atoms with Crippen LogP contribution in [0, 0.1) is 5.92 Å². The fourth-order valence-corrected chi connectivity index (χ4v) is 6.60. The predicted molar refractivity (Wildman–Crippen MR) is 188 cm³/mol. The van der Waals surface area contributed by atoms with Crippen molar-refractivity contribution in [2.45, 2.75) is 76.8 Å². The molecule has 0 unspecified atom stereocenters. The van der Waals surface area contributed by atoms with Crippen molar-refractivity contribution in [3.05, 3.63) is 124 Å². The molecule has 0 amide bonds. The number of aryl methyl sites for hydroxylation is 2. The van der Waals surface area contributed by atoms with E-state index in [4.69, 9.17) is 16.2 Å². The number of aromatic nitrogens is 1. The predicted octanol–water partition coefficient (Wildman–Crippen LogP) is 7.18. The van der Waals surface area contributed by atoms with Crippen LogP contribution in [-0.2, 0) is 24.1 Å². The summed E-state index contributed by atoms with van der Waals surface area (Å²) in [4.78, 5) is 29.1. The number of ketones is 2. The van der Waals surface area contributed by atoms with Gasteiger partial charge < -0.3 is 31.4 Å². The Morgan fingerprint density at radius 2 is 1.75 bits per heavy atom. The summed E-state index contributed by atoms with van der Waals surface area (Å²) >= 11 is 0. The molecule has 0 saturated carbocycles. The van der Waals surface area contributed by atoms with Crippen LogP contribution in [0.25, 0.3) is 0 Å². The molecule has 8 heteroatoms. The maximum Gasteiger partial charge on any atom is 0.168 e. The zero-order valence-electron chi connectivity index (χ0n) is 27.7. The van der Waals surface area contributed by atoms with Gasteiger partial charge in [-0.3, -0.25) is 9.59 Å². The van der Waals surface area contributed by atoms with E-state index in [-0.39, 0.29) is 41.5 Å². The topological polar surface area (TPSA) is 152 Å². The van der Waals surface area contributed by atoms with E-state index in [0.717, 1.165) is 47.1 Å². The van der Waals surface area contributed by atoms with Crippen molar-refractivity contribution < 1.29 is 24.5 Å². The second-order valence-corrected chi connectivity index (χ2v) is 12.7. The molecule has 252 valence electrons. The van der Waals surface area contributed by atoms with Gasteiger partial charge in [-0.25, -0.2) is 0 Å². The number of phenols is 2. The van der Waals surface area contributed by atoms with Crippen molar-refractivity contribution in [2.75, 3.05) is 6.61 Å². The number of phenolic OH excluding ortho intramolecular Hbond substituents is 2. The molecule has 7 N–H and O–H groups in total. The number of Topliss-reactive ketones (excluding diaryl/α,β-unsaturated/α-hetero) is 1. The Hall–Kier alpha value is -4.66. The van der Waals surface area contributed by atoms with Crippen molar-refractivity contribution >= 4 is 11.6 Å². The monoisotopic (exact) mass is 649 g/mol. The summed E-state index contributed by atoms with van der Waals surface area (Å²) < 4.78 is 6.01. The van der Waals surface area contributed by atoms with Gasteiger partial charge in [-0.15, -0.1) is 0 Å². The van der Waals surface area contributed by atoms with E-state index in [1.165, 1.54) is 6.42 Å². The highest BCUT2D eigenvalue weighted by atomic mass is 16.5. The van der Waals surface area contributed by atoms with E-state index < -0.39 is 6.17 Å². The quantitative estimate of drug-likeness (QED) is 0.0373. The molecule has 1 aliphatic rings. The number of carbonyl (C=O) groups excluding carboxylic acids is 2. The van der Waals surface area contributed by atoms with E-state index in [9.17, 15) is 19.8 Å². The Balaban J connectivity index is 1.30. The van der Waals surface area contributed by atoms with Gasteiger partial charge in [-0.05, 0) is 90.3 Å². The number of allylic oxidation sites excluding steroid dienone is 2. The van der Waals surface area contributed by atoms with Crippen LogP contribution < -0.4 is 16.2 Å². The number of H-pyrrole nitrogens is 1. The largest absolute Gasteiger partial charge is 0.508 e. The smallest absolute Gasteiger partial charge is 0.168 e. The maximum absolute atomic E-state index is 13.8. The van der Waals surface area contributed by atoms with Gasteiger partial charge in [-0.1, -0.05) is 62.2 Å². The highest BCUT2D eigenvalue weighted by Gasteiger charge is 2.37. The number of hydrogen-bond donors (Lipinski definition) is 5. The first-order chi connectivity index (χ1) is 23.2. The van der Waals surface area contributed by atoms with Gasteiger partial charge >= 0.3 is 0 Å². The maximum atomic E-state index is 13.8. The Morgan fingerprint density at radius 1 is 0.958 bits per heavy atom. The molecular formula is C40H47N3O5. The summed E-state index contributed by atoms with van der Waals surface area (Å²) in [6.45, 7) is 2.44. The number of nitrogens with one attached hydrogen (secondary N) is 1. The first-order valence-electron chi connectivity index (χ1n) is 17.0. The lowest BCUT2D eigenvalue weighted by atomic mass is 9.68. The minimum atomic E-state index is -0.602. The molecule has 8 nitrogen and oxygen atoms in total. The average molecular weight is 650 g/mol. The number of aromatic hydroxyl groups is 2. The third-order valence-corrected chi connectivity index (χ3v) is 9.27. The minimum absolute atomic E-state index is 0.0275. The van der Waals surface area contributed by atoms with Crippen LogP contribution in [0.1, 0.15) is 101 Å². The summed E-state index contributed by atoms with van der Waals surface area (Å²) in [6.07, 6.45) is 13.6. The molecule has 3 aromatic carbocycles. The van der Waals surface area contributed by atoms with Gasteiger partial charge in [0.05, 0.1) is 12.8 Å². The number of nitrogens with two attached hydrogens (primary N) is 2. The van der Waals surface area contributed by atoms with Crippen LogP contribution in [-0.4, -0.2) is 33.4 Å². The molecule has 0 fully saturated rings. The average Bonchev–Trinajstić information content (AvgIpc) is 3.63. The van der Waals surface area contributed by atoms with Crippen molar-refractivity contribution in [2.24, 2.45) is 17.4 Å². The van der Waals surface area contributed by atoms with E-state index in [0.29, 0.717) is 49.0 Å². The third-order valence-electron chi connectivity index (χ3n) is 9.27. The van der Waals surface area contributed by atoms with E-state index >= 15 is 0 Å². The van der Waals surface area contributed by atoms with Crippen LogP contribution in [0.2, 0.25) is 0 Å². The second kappa shape index (κ2) is 16.4. The highest BCUT2D eigenvalue weighted by molar-refractivity contribution is 5.99. The highest BCUT2D eigenvalue weighted by Crippen LogP contribution is 2.46. The Kier molecular flexibility index (Phi) is 11.9. The van der Waals surface area contributed by atoms with Crippen LogP contribution in [0.3, 0.4) is 0 Å². The standard InChI is InChI=1S/C40H47N3O5/c1-2-3-4-5-6-7-31(44)13-8-26-10-17-36(46)37(23-26)48-21-19-27-9-16-35(45)34(22-27)38-32-14-12-29(40(41)42)24-28(32)11-15-33(38)39(47)30-18-20-43-25-30/h6-7,9-10,12,14,16-18,20,22-25,33,38,40,43,45-46H,2-5,8,11,13,15,19,21,41-42H2,1H3/b7-6+/t33-,38-/m0/s1. The molecule has 0 bridgehead atoms. The van der Waals surface area contributed by atoms with Gasteiger partial charge in [0, 0.05) is 48.2 Å². The number of fused-ring (bicyclic) bond motifs is 1. The van der Waals surface area contributed by atoms with Crippen molar-refractivity contribution in [3.63, 3.8) is 0 Å². The van der Waals surface area contributed by atoms with E-state index in [1.807, 2.05) is 42.5 Å². The lowest BCUT2D eigenvalue weighted by Crippen LogP contribution is -2.29. The summed E-state index contributed by atoms with van der Waals surface area (Å²) in [5, 5.41) is 21.6. The summed E-state index contributed by atoms with van der Waals surface area (Å²) in [6, 6.07) is 18.4. The SMILES string of the molecule is CCCCC/C=C/C(=O)CCc1ccc(O)c(OCCc2ccc(O)c([C@H]3c4ccc(C(N)N)cc4CC[C@@H]3C(=O)c3cc[nH]c3)c2)c1. The number of aromatic amines is 1. The number of ether oxygens (including phenoxy) is 1. The number of unbranched alkanes of at least 4 members (excludes halogenated alkanes) is 3. The Labute approximate surface area is 282 Å². The van der Waals surface area contributed by atoms with Gasteiger partial charge in [-0.2, -0.15) is 0 Å². The molecule has 1 aromatic heterocycles. The molecule has 2 atom stereocenters. The Morgan fingerprint density at radius 3 is 2.50 bits per heavy atom. The van der Waals surface area contributed by atoms with Crippen molar-refractivity contribution in [1.29, 1.82) is 0 Å². The summed E-state index contributed by atoms with van der Waals surface area (Å²) in [5.74, 6) is -0.0957. The zero-order chi connectivity index (χ0) is 34.0. The second-order valence-electron chi connectivity index (χ2n) is 12.7. The van der Waals surface area contributed by atoms with Crippen LogP contribution >= 0.6 is 0 Å². The number of rotatable bonds is 16. The van der Waals surface area contributed by atoms with Crippen molar-refractivity contribution in [1.82, 2.24) is 4.98 Å². The zero-order valence-corrected chi connectivity index (χ0v) is 27.7. The molecule has 5 rings (SSSR count). The summed E-state index contributed by atoms with van der Waals surface area (Å²) in [5.41, 5.74) is 18.0. The van der Waals surface area contributed by atoms with Crippen LogP contribution in [0.5, 0.6) is 17.2 Å². The number of hydrogen-bond acceptors (Lipinski definition) is 7. The Bertz CT molecular complexity index is 1730. The molecule has 4 aromatic rings. The van der Waals surface area contributed by atoms with Gasteiger partial charge in [0.25, 0.3) is 0 Å². The molecule has 0 saturated heterocycles. The molecule has 1 heterocycles. The lowest BCUT2D eigenvalue weighted by Gasteiger charge is -2.34. The fraction of sp³-hybridized carbons (Fsp3) is 0.350. The van der Waals surface area contributed by atoms with Crippen LogP contribution in [0.4, 0.5) is 0 Å². The lowest BCUT2D eigenvalue weighted by molar-refractivity contribution is -0.114. The fourth-order valence-electron chi connectivity index (χ4n) is 6.60. The normalized spacial score (nSPS) is 15.9. The van der Waals surface area contributed by atoms with E-state index in [1.54, 1.807) is 42.7 Å². The van der Waals surface area contributed by atoms with Gasteiger partial charge in [0.2, 0.25) is 0 Å². The third kappa shape index (κ3) is 8.62. The molecule has 0 spiro atoms. The first kappa shape index (κ1) is 34.7. The number of benzene rings is 3. The van der Waals surface area contributed by atoms with Gasteiger partial charge in [0.1, 0.15) is 5.75 Å². The first-order valence-corrected chi connectivity index (χ1v) is 17.0. The molecule has 0 radical (unpaired) electrons. The number of carbonyl (C=O) groups is 2. The summed E-state index contributed by atoms with van der Waals surface area (Å²) in [7, 11) is 0. The molecule has 48 heavy (non-hydrogen) atoms. The van der Waals surface area contributed by atoms with Crippen LogP contribution in [0.15, 0.2) is 85.2 Å². The molecular weight excluding hydrogens is 602 g/mol.